The first kappa shape index (κ1) is 18.5. The Labute approximate surface area is 132 Å². The Bertz CT molecular complexity index is 593. The van der Waals surface area contributed by atoms with Gasteiger partial charge in [-0.15, -0.1) is 0 Å². The Morgan fingerprint density at radius 2 is 1.96 bits per heavy atom. The number of esters is 1. The third-order valence-electron chi connectivity index (χ3n) is 2.81. The van der Waals surface area contributed by atoms with Crippen molar-refractivity contribution in [1.82, 2.24) is 10.6 Å². The Morgan fingerprint density at radius 3 is 2.57 bits per heavy atom. The molecule has 0 aliphatic rings. The van der Waals surface area contributed by atoms with Gasteiger partial charge in [-0.05, 0) is 25.5 Å². The van der Waals surface area contributed by atoms with Crippen LogP contribution < -0.4 is 10.6 Å². The molecular weight excluding hydrogens is 310 g/mol. The molecule has 6 nitrogen and oxygen atoms in total. The van der Waals surface area contributed by atoms with Gasteiger partial charge in [-0.1, -0.05) is 6.92 Å². The molecular formula is C15H18F2N2O4. The van der Waals surface area contributed by atoms with E-state index in [0.29, 0.717) is 12.6 Å². The number of ether oxygens (including phenoxy) is 1. The summed E-state index contributed by atoms with van der Waals surface area (Å²) >= 11 is 0. The van der Waals surface area contributed by atoms with E-state index in [-0.39, 0.29) is 5.91 Å². The normalized spacial score (nSPS) is 11.5. The average Bonchev–Trinajstić information content (AvgIpc) is 2.50. The molecule has 1 atom stereocenters. The summed E-state index contributed by atoms with van der Waals surface area (Å²) < 4.78 is 30.7. The predicted octanol–water partition coefficient (Wildman–Crippen LogP) is 1.15. The molecule has 0 unspecified atom stereocenters. The van der Waals surface area contributed by atoms with Gasteiger partial charge in [-0.25, -0.2) is 13.6 Å². The van der Waals surface area contributed by atoms with Crippen LogP contribution in [0.25, 0.3) is 0 Å². The fraction of sp³-hybridized carbons (Fsp3) is 0.400. The molecule has 0 aromatic heterocycles. The maximum absolute atomic E-state index is 13.4. The molecule has 2 N–H and O–H groups in total. The number of hydrogen-bond donors (Lipinski definition) is 2. The second kappa shape index (κ2) is 8.82. The molecule has 0 spiro atoms. The van der Waals surface area contributed by atoms with Crippen LogP contribution in [0.2, 0.25) is 0 Å². The fourth-order valence-corrected chi connectivity index (χ4v) is 1.61. The molecule has 126 valence electrons. The summed E-state index contributed by atoms with van der Waals surface area (Å²) in [4.78, 5) is 34.7. The van der Waals surface area contributed by atoms with Crippen LogP contribution in [0.1, 0.15) is 30.6 Å². The van der Waals surface area contributed by atoms with Crippen molar-refractivity contribution < 1.29 is 27.9 Å². The first-order chi connectivity index (χ1) is 10.8. The topological polar surface area (TPSA) is 84.5 Å². The van der Waals surface area contributed by atoms with E-state index in [4.69, 9.17) is 0 Å². The zero-order valence-electron chi connectivity index (χ0n) is 12.8. The van der Waals surface area contributed by atoms with Gasteiger partial charge >= 0.3 is 5.97 Å². The zero-order chi connectivity index (χ0) is 17.4. The number of benzene rings is 1. The Kier molecular flexibility index (Phi) is 7.11. The van der Waals surface area contributed by atoms with Crippen molar-refractivity contribution in [3.05, 3.63) is 35.4 Å². The molecule has 2 amide bonds. The molecule has 0 bridgehead atoms. The van der Waals surface area contributed by atoms with Crippen LogP contribution in [0, 0.1) is 11.6 Å². The SMILES string of the molecule is CCCNC(=O)[C@@H](C)NC(=O)COC(=O)c1ccc(F)cc1F. The second-order valence-corrected chi connectivity index (χ2v) is 4.78. The van der Waals surface area contributed by atoms with Crippen LogP contribution in [-0.2, 0) is 14.3 Å². The van der Waals surface area contributed by atoms with Crippen LogP contribution in [0.3, 0.4) is 0 Å². The van der Waals surface area contributed by atoms with E-state index in [2.05, 4.69) is 15.4 Å². The summed E-state index contributed by atoms with van der Waals surface area (Å²) in [5, 5.41) is 4.93. The third kappa shape index (κ3) is 6.01. The minimum atomic E-state index is -1.10. The first-order valence-electron chi connectivity index (χ1n) is 7.04. The van der Waals surface area contributed by atoms with Crippen molar-refractivity contribution in [2.75, 3.05) is 13.2 Å². The molecule has 0 fully saturated rings. The Morgan fingerprint density at radius 1 is 1.26 bits per heavy atom. The van der Waals surface area contributed by atoms with E-state index in [1.807, 2.05) is 6.92 Å². The molecule has 1 aromatic carbocycles. The van der Waals surface area contributed by atoms with Crippen molar-refractivity contribution in [3.8, 4) is 0 Å². The lowest BCUT2D eigenvalue weighted by Gasteiger charge is -2.13. The number of carbonyl (C=O) groups is 3. The second-order valence-electron chi connectivity index (χ2n) is 4.78. The maximum atomic E-state index is 13.4. The molecule has 0 saturated carbocycles. The quantitative estimate of drug-likeness (QED) is 0.736. The van der Waals surface area contributed by atoms with Crippen molar-refractivity contribution in [2.45, 2.75) is 26.3 Å². The van der Waals surface area contributed by atoms with E-state index in [0.717, 1.165) is 18.6 Å². The molecule has 23 heavy (non-hydrogen) atoms. The highest BCUT2D eigenvalue weighted by atomic mass is 19.1. The lowest BCUT2D eigenvalue weighted by Crippen LogP contribution is -2.46. The molecule has 1 aromatic rings. The standard InChI is InChI=1S/C15H18F2N2O4/c1-3-6-18-14(21)9(2)19-13(20)8-23-15(22)11-5-4-10(16)7-12(11)17/h4-5,7,9H,3,6,8H2,1-2H3,(H,18,21)(H,19,20)/t9-/m1/s1. The van der Waals surface area contributed by atoms with Gasteiger partial charge in [0, 0.05) is 12.6 Å². The van der Waals surface area contributed by atoms with Gasteiger partial charge in [-0.2, -0.15) is 0 Å². The zero-order valence-corrected chi connectivity index (χ0v) is 12.8. The van der Waals surface area contributed by atoms with Gasteiger partial charge in [0.15, 0.2) is 6.61 Å². The van der Waals surface area contributed by atoms with Crippen molar-refractivity contribution in [3.63, 3.8) is 0 Å². The van der Waals surface area contributed by atoms with Crippen molar-refractivity contribution >= 4 is 17.8 Å². The van der Waals surface area contributed by atoms with E-state index in [1.54, 1.807) is 0 Å². The van der Waals surface area contributed by atoms with Crippen LogP contribution in [0.4, 0.5) is 8.78 Å². The smallest absolute Gasteiger partial charge is 0.341 e. The number of hydrogen-bond acceptors (Lipinski definition) is 4. The summed E-state index contributed by atoms with van der Waals surface area (Å²) in [5.41, 5.74) is -0.479. The number of nitrogens with one attached hydrogen (secondary N) is 2. The number of rotatable bonds is 7. The van der Waals surface area contributed by atoms with E-state index >= 15 is 0 Å². The Balaban J connectivity index is 2.46. The number of amides is 2. The summed E-state index contributed by atoms with van der Waals surface area (Å²) in [7, 11) is 0. The van der Waals surface area contributed by atoms with Gasteiger partial charge in [0.05, 0.1) is 5.56 Å². The highest BCUT2D eigenvalue weighted by molar-refractivity contribution is 5.92. The average molecular weight is 328 g/mol. The molecule has 0 aliphatic carbocycles. The largest absolute Gasteiger partial charge is 0.452 e. The Hall–Kier alpha value is -2.51. The van der Waals surface area contributed by atoms with Gasteiger partial charge in [-0.3, -0.25) is 9.59 Å². The molecule has 8 heteroatoms. The highest BCUT2D eigenvalue weighted by Crippen LogP contribution is 2.10. The van der Waals surface area contributed by atoms with Crippen molar-refractivity contribution in [1.29, 1.82) is 0 Å². The van der Waals surface area contributed by atoms with E-state index in [9.17, 15) is 23.2 Å². The fourth-order valence-electron chi connectivity index (χ4n) is 1.61. The molecule has 0 aliphatic heterocycles. The minimum absolute atomic E-state index is 0.365. The van der Waals surface area contributed by atoms with Crippen LogP contribution >= 0.6 is 0 Å². The van der Waals surface area contributed by atoms with Crippen LogP contribution in [0.15, 0.2) is 18.2 Å². The predicted molar refractivity (Wildman–Crippen MR) is 77.5 cm³/mol. The van der Waals surface area contributed by atoms with E-state index in [1.165, 1.54) is 6.92 Å². The van der Waals surface area contributed by atoms with E-state index < -0.39 is 41.7 Å². The van der Waals surface area contributed by atoms with Gasteiger partial charge in [0.25, 0.3) is 5.91 Å². The van der Waals surface area contributed by atoms with Crippen LogP contribution in [-0.4, -0.2) is 37.0 Å². The summed E-state index contributed by atoms with van der Waals surface area (Å²) in [5.74, 6) is -4.08. The monoisotopic (exact) mass is 328 g/mol. The summed E-state index contributed by atoms with van der Waals surface area (Å²) in [6, 6.07) is 1.57. The van der Waals surface area contributed by atoms with Crippen LogP contribution in [0.5, 0.6) is 0 Å². The number of carbonyl (C=O) groups excluding carboxylic acids is 3. The summed E-state index contributed by atoms with van der Waals surface area (Å²) in [6.45, 7) is 3.17. The lowest BCUT2D eigenvalue weighted by molar-refractivity contribution is -0.130. The third-order valence-corrected chi connectivity index (χ3v) is 2.81. The molecule has 1 rings (SSSR count). The van der Waals surface area contributed by atoms with Gasteiger partial charge in [0.1, 0.15) is 17.7 Å². The molecule has 0 heterocycles. The van der Waals surface area contributed by atoms with Gasteiger partial charge in [0.2, 0.25) is 5.91 Å². The summed E-state index contributed by atoms with van der Waals surface area (Å²) in [6.07, 6.45) is 0.757. The molecule has 0 saturated heterocycles. The van der Waals surface area contributed by atoms with Crippen molar-refractivity contribution in [2.24, 2.45) is 0 Å². The minimum Gasteiger partial charge on any atom is -0.452 e. The highest BCUT2D eigenvalue weighted by Gasteiger charge is 2.18. The maximum Gasteiger partial charge on any atom is 0.341 e. The molecule has 0 radical (unpaired) electrons. The van der Waals surface area contributed by atoms with Gasteiger partial charge < -0.3 is 15.4 Å². The lowest BCUT2D eigenvalue weighted by atomic mass is 10.2. The first-order valence-corrected chi connectivity index (χ1v) is 7.04. The number of halogens is 2.